The minimum Gasteiger partial charge on any atom is -0.496 e. The van der Waals surface area contributed by atoms with Crippen molar-refractivity contribution in [2.45, 2.75) is 26.2 Å². The number of rotatable bonds is 5. The average Bonchev–Trinajstić information content (AvgIpc) is 2.29. The Bertz CT molecular complexity index is 413. The van der Waals surface area contributed by atoms with Gasteiger partial charge in [0, 0.05) is 12.8 Å². The largest absolute Gasteiger partial charge is 0.496 e. The van der Waals surface area contributed by atoms with E-state index in [9.17, 15) is 4.79 Å². The highest BCUT2D eigenvalue weighted by Crippen LogP contribution is 2.21. The standard InChI is InChI=1S/C14H16O2/c1-4-5-6-7-13(15)12-9-8-11(2)10-14(12)16-3/h1,8-10H,5-7H2,2-3H3. The van der Waals surface area contributed by atoms with E-state index in [2.05, 4.69) is 5.92 Å². The Kier molecular flexibility index (Phi) is 4.60. The molecule has 2 heteroatoms. The fourth-order valence-corrected chi connectivity index (χ4v) is 1.51. The number of Topliss-reactive ketones (excluding diaryl/α,β-unsaturated/α-hetero) is 1. The van der Waals surface area contributed by atoms with Crippen LogP contribution < -0.4 is 4.74 Å². The maximum atomic E-state index is 11.9. The summed E-state index contributed by atoms with van der Waals surface area (Å²) < 4.78 is 5.19. The van der Waals surface area contributed by atoms with Crippen LogP contribution in [0.25, 0.3) is 0 Å². The van der Waals surface area contributed by atoms with Crippen LogP contribution in [0.5, 0.6) is 5.75 Å². The van der Waals surface area contributed by atoms with Crippen molar-refractivity contribution in [1.82, 2.24) is 0 Å². The number of ketones is 1. The van der Waals surface area contributed by atoms with Gasteiger partial charge in [-0.25, -0.2) is 0 Å². The van der Waals surface area contributed by atoms with Crippen LogP contribution in [0.3, 0.4) is 0 Å². The van der Waals surface area contributed by atoms with Crippen molar-refractivity contribution in [3.8, 4) is 18.1 Å². The van der Waals surface area contributed by atoms with Crippen LogP contribution in [-0.2, 0) is 0 Å². The first-order valence-electron chi connectivity index (χ1n) is 5.30. The summed E-state index contributed by atoms with van der Waals surface area (Å²) in [5.74, 6) is 3.26. The number of methoxy groups -OCH3 is 1. The Labute approximate surface area is 96.6 Å². The van der Waals surface area contributed by atoms with E-state index < -0.39 is 0 Å². The molecule has 0 amide bonds. The fraction of sp³-hybridized carbons (Fsp3) is 0.357. The highest BCUT2D eigenvalue weighted by Gasteiger charge is 2.11. The number of ether oxygens (including phenoxy) is 1. The predicted octanol–water partition coefficient (Wildman–Crippen LogP) is 2.99. The molecule has 0 bridgehead atoms. The first kappa shape index (κ1) is 12.3. The first-order valence-corrected chi connectivity index (χ1v) is 5.30. The summed E-state index contributed by atoms with van der Waals surface area (Å²) in [5.41, 5.74) is 1.72. The van der Waals surface area contributed by atoms with E-state index in [1.807, 2.05) is 25.1 Å². The number of carbonyl (C=O) groups is 1. The number of hydrogen-bond donors (Lipinski definition) is 0. The highest BCUT2D eigenvalue weighted by molar-refractivity contribution is 5.98. The zero-order valence-electron chi connectivity index (χ0n) is 9.75. The summed E-state index contributed by atoms with van der Waals surface area (Å²) in [4.78, 5) is 11.9. The number of terminal acetylenes is 1. The summed E-state index contributed by atoms with van der Waals surface area (Å²) in [5, 5.41) is 0. The topological polar surface area (TPSA) is 26.3 Å². The Morgan fingerprint density at radius 3 is 2.88 bits per heavy atom. The second-order valence-corrected chi connectivity index (χ2v) is 3.68. The third kappa shape index (κ3) is 3.13. The molecule has 0 N–H and O–H groups in total. The summed E-state index contributed by atoms with van der Waals surface area (Å²) in [7, 11) is 1.58. The number of aryl methyl sites for hydroxylation is 1. The Hall–Kier alpha value is -1.75. The third-order valence-corrected chi connectivity index (χ3v) is 2.38. The maximum Gasteiger partial charge on any atom is 0.166 e. The lowest BCUT2D eigenvalue weighted by molar-refractivity contribution is 0.0977. The first-order chi connectivity index (χ1) is 7.69. The van der Waals surface area contributed by atoms with E-state index in [4.69, 9.17) is 11.2 Å². The summed E-state index contributed by atoms with van der Waals surface area (Å²) in [6.07, 6.45) is 6.99. The van der Waals surface area contributed by atoms with Crippen LogP contribution in [0.4, 0.5) is 0 Å². The van der Waals surface area contributed by atoms with Crippen molar-refractivity contribution in [2.75, 3.05) is 7.11 Å². The van der Waals surface area contributed by atoms with Crippen molar-refractivity contribution in [3.63, 3.8) is 0 Å². The van der Waals surface area contributed by atoms with Gasteiger partial charge in [-0.1, -0.05) is 6.07 Å². The second-order valence-electron chi connectivity index (χ2n) is 3.68. The molecule has 2 nitrogen and oxygen atoms in total. The Balaban J connectivity index is 2.79. The van der Waals surface area contributed by atoms with Gasteiger partial charge in [0.05, 0.1) is 12.7 Å². The highest BCUT2D eigenvalue weighted by atomic mass is 16.5. The molecule has 84 valence electrons. The SMILES string of the molecule is C#CCCCC(=O)c1ccc(C)cc1OC. The molecule has 0 saturated carbocycles. The van der Waals surface area contributed by atoms with Gasteiger partial charge in [-0.3, -0.25) is 4.79 Å². The van der Waals surface area contributed by atoms with Crippen LogP contribution in [0.15, 0.2) is 18.2 Å². The summed E-state index contributed by atoms with van der Waals surface area (Å²) >= 11 is 0. The maximum absolute atomic E-state index is 11.9. The van der Waals surface area contributed by atoms with E-state index in [0.717, 1.165) is 12.0 Å². The molecule has 0 aromatic heterocycles. The van der Waals surface area contributed by atoms with Gasteiger partial charge in [-0.05, 0) is 31.0 Å². The second kappa shape index (κ2) is 5.97. The Morgan fingerprint density at radius 1 is 1.50 bits per heavy atom. The lowest BCUT2D eigenvalue weighted by atomic mass is 10.0. The molecule has 0 aliphatic carbocycles. The Morgan fingerprint density at radius 2 is 2.25 bits per heavy atom. The minimum absolute atomic E-state index is 0.0899. The zero-order chi connectivity index (χ0) is 12.0. The number of benzene rings is 1. The van der Waals surface area contributed by atoms with Crippen LogP contribution in [0, 0.1) is 19.3 Å². The molecule has 0 aliphatic rings. The van der Waals surface area contributed by atoms with E-state index in [1.165, 1.54) is 0 Å². The molecule has 0 spiro atoms. The van der Waals surface area contributed by atoms with E-state index in [-0.39, 0.29) is 5.78 Å². The van der Waals surface area contributed by atoms with Crippen molar-refractivity contribution in [3.05, 3.63) is 29.3 Å². The molecule has 1 rings (SSSR count). The zero-order valence-corrected chi connectivity index (χ0v) is 9.75. The summed E-state index contributed by atoms with van der Waals surface area (Å²) in [6.45, 7) is 1.97. The molecule has 0 atom stereocenters. The van der Waals surface area contributed by atoms with Crippen LogP contribution >= 0.6 is 0 Å². The van der Waals surface area contributed by atoms with E-state index in [0.29, 0.717) is 24.2 Å². The van der Waals surface area contributed by atoms with E-state index >= 15 is 0 Å². The van der Waals surface area contributed by atoms with Gasteiger partial charge >= 0.3 is 0 Å². The quantitative estimate of drug-likeness (QED) is 0.429. The minimum atomic E-state index is 0.0899. The number of carbonyl (C=O) groups excluding carboxylic acids is 1. The van der Waals surface area contributed by atoms with Crippen LogP contribution in [-0.4, -0.2) is 12.9 Å². The molecule has 1 aromatic rings. The fourth-order valence-electron chi connectivity index (χ4n) is 1.51. The lowest BCUT2D eigenvalue weighted by Crippen LogP contribution is -2.02. The predicted molar refractivity (Wildman–Crippen MR) is 64.7 cm³/mol. The molecular weight excluding hydrogens is 200 g/mol. The monoisotopic (exact) mass is 216 g/mol. The van der Waals surface area contributed by atoms with Crippen molar-refractivity contribution >= 4 is 5.78 Å². The normalized spacial score (nSPS) is 9.56. The average molecular weight is 216 g/mol. The third-order valence-electron chi connectivity index (χ3n) is 2.38. The molecule has 16 heavy (non-hydrogen) atoms. The lowest BCUT2D eigenvalue weighted by Gasteiger charge is -2.08. The van der Waals surface area contributed by atoms with Gasteiger partial charge in [0.2, 0.25) is 0 Å². The van der Waals surface area contributed by atoms with E-state index in [1.54, 1.807) is 7.11 Å². The molecule has 0 heterocycles. The molecule has 0 unspecified atom stereocenters. The molecule has 0 radical (unpaired) electrons. The van der Waals surface area contributed by atoms with Crippen LogP contribution in [0.1, 0.15) is 35.2 Å². The molecule has 1 aromatic carbocycles. The number of hydrogen-bond acceptors (Lipinski definition) is 2. The van der Waals surface area contributed by atoms with Gasteiger partial charge in [-0.2, -0.15) is 0 Å². The van der Waals surface area contributed by atoms with Gasteiger partial charge in [0.25, 0.3) is 0 Å². The van der Waals surface area contributed by atoms with Crippen molar-refractivity contribution in [2.24, 2.45) is 0 Å². The molecular formula is C14H16O2. The van der Waals surface area contributed by atoms with Gasteiger partial charge in [0.15, 0.2) is 5.78 Å². The van der Waals surface area contributed by atoms with Crippen LogP contribution in [0.2, 0.25) is 0 Å². The van der Waals surface area contributed by atoms with Gasteiger partial charge < -0.3 is 4.74 Å². The molecule has 0 fully saturated rings. The summed E-state index contributed by atoms with van der Waals surface area (Å²) in [6, 6.07) is 5.59. The van der Waals surface area contributed by atoms with Crippen molar-refractivity contribution in [1.29, 1.82) is 0 Å². The molecule has 0 aliphatic heterocycles. The smallest absolute Gasteiger partial charge is 0.166 e. The van der Waals surface area contributed by atoms with Gasteiger partial charge in [0.1, 0.15) is 5.75 Å². The number of unbranched alkanes of at least 4 members (excludes halogenated alkanes) is 1. The van der Waals surface area contributed by atoms with Crippen molar-refractivity contribution < 1.29 is 9.53 Å². The van der Waals surface area contributed by atoms with Gasteiger partial charge in [-0.15, -0.1) is 12.3 Å². The molecule has 0 saturated heterocycles.